The third-order valence-electron chi connectivity index (χ3n) is 7.05. The van der Waals surface area contributed by atoms with E-state index in [1.165, 1.54) is 24.3 Å². The highest BCUT2D eigenvalue weighted by Crippen LogP contribution is 2.36. The maximum absolute atomic E-state index is 13.9. The molecule has 1 saturated heterocycles. The number of benzene rings is 3. The number of Topliss-reactive ketones (excluding diaryl/α,β-unsaturated/α-hetero) is 1. The van der Waals surface area contributed by atoms with Crippen LogP contribution in [0, 0.1) is 5.82 Å². The fraction of sp³-hybridized carbons (Fsp3) is 0.333. The predicted octanol–water partition coefficient (Wildman–Crippen LogP) is 5.97. The summed E-state index contributed by atoms with van der Waals surface area (Å²) in [5.74, 6) is -1.16. The monoisotopic (exact) mass is 542 g/mol. The van der Waals surface area contributed by atoms with Gasteiger partial charge in [-0.1, -0.05) is 42.5 Å². The number of rotatable bonds is 9. The molecule has 0 saturated carbocycles. The van der Waals surface area contributed by atoms with Crippen LogP contribution in [-0.4, -0.2) is 41.3 Å². The largest absolute Gasteiger partial charge is 0.416 e. The van der Waals surface area contributed by atoms with Crippen LogP contribution in [-0.2, 0) is 23.0 Å². The molecule has 206 valence electrons. The molecular formula is C30H30F4N2O3. The molecule has 1 amide bonds. The van der Waals surface area contributed by atoms with Crippen molar-refractivity contribution in [1.29, 1.82) is 0 Å². The van der Waals surface area contributed by atoms with Crippen molar-refractivity contribution in [3.05, 3.63) is 101 Å². The van der Waals surface area contributed by atoms with Gasteiger partial charge in [0.2, 0.25) is 5.91 Å². The second kappa shape index (κ2) is 12.1. The van der Waals surface area contributed by atoms with E-state index in [2.05, 4.69) is 10.2 Å². The van der Waals surface area contributed by atoms with Crippen molar-refractivity contribution >= 4 is 17.4 Å². The first kappa shape index (κ1) is 28.4. The number of aliphatic hydroxyl groups is 1. The average Bonchev–Trinajstić information content (AvgIpc) is 2.90. The highest BCUT2D eigenvalue weighted by Gasteiger charge is 2.37. The number of hydrogen-bond acceptors (Lipinski definition) is 4. The Morgan fingerprint density at radius 1 is 0.949 bits per heavy atom. The third-order valence-corrected chi connectivity index (χ3v) is 7.05. The average molecular weight is 543 g/mol. The standard InChI is InChI=1S/C30H30F4N2O3/c31-24-11-12-25(26(20-24)35-28(38)18-21-6-2-1-3-7-21)27(37)10-5-15-36-16-13-29(39,14-17-36)22-8-4-9-23(19-22)30(32,33)34/h1-4,6-9,11-12,19-20,39H,5,10,13-18H2,(H,35,38). The van der Waals surface area contributed by atoms with Crippen LogP contribution in [0.5, 0.6) is 0 Å². The molecule has 1 fully saturated rings. The SMILES string of the molecule is O=C(Cc1ccccc1)Nc1cc(F)ccc1C(=O)CCCN1CCC(O)(c2cccc(C(F)(F)F)c2)CC1. The predicted molar refractivity (Wildman–Crippen MR) is 140 cm³/mol. The first-order chi connectivity index (χ1) is 18.5. The van der Waals surface area contributed by atoms with Crippen LogP contribution in [0.4, 0.5) is 23.2 Å². The number of halogens is 4. The zero-order valence-corrected chi connectivity index (χ0v) is 21.3. The molecule has 4 rings (SSSR count). The molecule has 0 bridgehead atoms. The van der Waals surface area contributed by atoms with Gasteiger partial charge in [0, 0.05) is 25.1 Å². The summed E-state index contributed by atoms with van der Waals surface area (Å²) in [6.07, 6.45) is -3.17. The van der Waals surface area contributed by atoms with Crippen LogP contribution >= 0.6 is 0 Å². The Balaban J connectivity index is 1.29. The van der Waals surface area contributed by atoms with Crippen molar-refractivity contribution in [2.75, 3.05) is 25.0 Å². The molecule has 0 aromatic heterocycles. The Morgan fingerprint density at radius 2 is 1.67 bits per heavy atom. The molecule has 3 aromatic rings. The maximum atomic E-state index is 13.9. The van der Waals surface area contributed by atoms with E-state index in [1.807, 2.05) is 18.2 Å². The summed E-state index contributed by atoms with van der Waals surface area (Å²) in [5, 5.41) is 13.7. The Morgan fingerprint density at radius 3 is 2.36 bits per heavy atom. The van der Waals surface area contributed by atoms with Gasteiger partial charge in [-0.05, 0) is 67.3 Å². The van der Waals surface area contributed by atoms with Gasteiger partial charge in [0.25, 0.3) is 0 Å². The molecule has 1 aliphatic rings. The molecule has 0 radical (unpaired) electrons. The number of alkyl halides is 3. The third kappa shape index (κ3) is 7.52. The van der Waals surface area contributed by atoms with E-state index in [0.29, 0.717) is 26.1 Å². The Labute approximate surface area is 224 Å². The topological polar surface area (TPSA) is 69.6 Å². The van der Waals surface area contributed by atoms with Crippen molar-refractivity contribution in [1.82, 2.24) is 4.90 Å². The Kier molecular flexibility index (Phi) is 8.82. The molecule has 0 aliphatic carbocycles. The van der Waals surface area contributed by atoms with Gasteiger partial charge in [0.1, 0.15) is 5.82 Å². The van der Waals surface area contributed by atoms with E-state index in [1.54, 1.807) is 12.1 Å². The smallest absolute Gasteiger partial charge is 0.385 e. The number of nitrogens with one attached hydrogen (secondary N) is 1. The van der Waals surface area contributed by atoms with E-state index in [0.717, 1.165) is 23.8 Å². The van der Waals surface area contributed by atoms with Crippen LogP contribution < -0.4 is 5.32 Å². The molecular weight excluding hydrogens is 512 g/mol. The lowest BCUT2D eigenvalue weighted by Crippen LogP contribution is -2.43. The minimum Gasteiger partial charge on any atom is -0.385 e. The van der Waals surface area contributed by atoms with E-state index < -0.39 is 23.2 Å². The van der Waals surface area contributed by atoms with Gasteiger partial charge in [-0.2, -0.15) is 13.2 Å². The lowest BCUT2D eigenvalue weighted by Gasteiger charge is -2.38. The fourth-order valence-electron chi connectivity index (χ4n) is 4.86. The molecule has 0 spiro atoms. The van der Waals surface area contributed by atoms with Crippen molar-refractivity contribution in [3.63, 3.8) is 0 Å². The van der Waals surface area contributed by atoms with Crippen molar-refractivity contribution in [2.24, 2.45) is 0 Å². The minimum atomic E-state index is -4.48. The summed E-state index contributed by atoms with van der Waals surface area (Å²) in [6, 6.07) is 17.6. The molecule has 2 N–H and O–H groups in total. The van der Waals surface area contributed by atoms with Crippen molar-refractivity contribution in [3.8, 4) is 0 Å². The van der Waals surface area contributed by atoms with Crippen LogP contribution in [0.1, 0.15) is 52.7 Å². The Bertz CT molecular complexity index is 1300. The summed E-state index contributed by atoms with van der Waals surface area (Å²) in [6.45, 7) is 1.50. The van der Waals surface area contributed by atoms with Crippen LogP contribution in [0.3, 0.4) is 0 Å². The summed E-state index contributed by atoms with van der Waals surface area (Å²) in [5.41, 5.74) is -0.716. The lowest BCUT2D eigenvalue weighted by atomic mass is 9.83. The van der Waals surface area contributed by atoms with Crippen molar-refractivity contribution in [2.45, 2.75) is 43.9 Å². The molecule has 1 aliphatic heterocycles. The summed E-state index contributed by atoms with van der Waals surface area (Å²) in [4.78, 5) is 27.5. The first-order valence-electron chi connectivity index (χ1n) is 12.8. The number of amides is 1. The van der Waals surface area contributed by atoms with Gasteiger partial charge in [0.15, 0.2) is 5.78 Å². The number of anilines is 1. The number of carbonyl (C=O) groups excluding carboxylic acids is 2. The highest BCUT2D eigenvalue weighted by molar-refractivity contribution is 6.05. The molecule has 3 aromatic carbocycles. The van der Waals surface area contributed by atoms with Gasteiger partial charge in [-0.15, -0.1) is 0 Å². The second-order valence-electron chi connectivity index (χ2n) is 9.88. The normalized spacial score (nSPS) is 15.6. The van der Waals surface area contributed by atoms with Crippen LogP contribution in [0.2, 0.25) is 0 Å². The zero-order chi connectivity index (χ0) is 28.0. The van der Waals surface area contributed by atoms with Crippen LogP contribution in [0.15, 0.2) is 72.8 Å². The molecule has 1 heterocycles. The van der Waals surface area contributed by atoms with Gasteiger partial charge in [-0.3, -0.25) is 9.59 Å². The number of nitrogens with zero attached hydrogens (tertiary/aromatic N) is 1. The number of hydrogen-bond donors (Lipinski definition) is 2. The number of ketones is 1. The van der Waals surface area contributed by atoms with E-state index >= 15 is 0 Å². The highest BCUT2D eigenvalue weighted by atomic mass is 19.4. The maximum Gasteiger partial charge on any atom is 0.416 e. The van der Waals surface area contributed by atoms with Gasteiger partial charge < -0.3 is 15.3 Å². The number of likely N-dealkylation sites (tertiary alicyclic amines) is 1. The molecule has 0 unspecified atom stereocenters. The second-order valence-corrected chi connectivity index (χ2v) is 9.88. The molecule has 39 heavy (non-hydrogen) atoms. The molecule has 5 nitrogen and oxygen atoms in total. The molecule has 0 atom stereocenters. The number of piperidine rings is 1. The van der Waals surface area contributed by atoms with Crippen LogP contribution in [0.25, 0.3) is 0 Å². The van der Waals surface area contributed by atoms with Gasteiger partial charge >= 0.3 is 6.18 Å². The molecule has 9 heteroatoms. The summed E-state index contributed by atoms with van der Waals surface area (Å²) in [7, 11) is 0. The van der Waals surface area contributed by atoms with E-state index in [4.69, 9.17) is 0 Å². The van der Waals surface area contributed by atoms with E-state index in [9.17, 15) is 32.3 Å². The fourth-order valence-corrected chi connectivity index (χ4v) is 4.86. The first-order valence-corrected chi connectivity index (χ1v) is 12.8. The van der Waals surface area contributed by atoms with E-state index in [-0.39, 0.29) is 54.2 Å². The van der Waals surface area contributed by atoms with Gasteiger partial charge in [-0.25, -0.2) is 4.39 Å². The van der Waals surface area contributed by atoms with Gasteiger partial charge in [0.05, 0.1) is 23.3 Å². The lowest BCUT2D eigenvalue weighted by molar-refractivity contribution is -0.137. The van der Waals surface area contributed by atoms with Crippen molar-refractivity contribution < 1.29 is 32.3 Å². The number of carbonyl (C=O) groups is 2. The zero-order valence-electron chi connectivity index (χ0n) is 21.3. The summed E-state index contributed by atoms with van der Waals surface area (Å²) >= 11 is 0. The minimum absolute atomic E-state index is 0.0901. The quantitative estimate of drug-likeness (QED) is 0.258. The Hall–Kier alpha value is -3.56. The summed E-state index contributed by atoms with van der Waals surface area (Å²) < 4.78 is 53.2.